The third-order valence-electron chi connectivity index (χ3n) is 8.91. The molecule has 35 heavy (non-hydrogen) atoms. The molecular weight excluding hydrogens is 453 g/mol. The van der Waals surface area contributed by atoms with Crippen LogP contribution in [-0.4, -0.2) is 52.5 Å². The third-order valence-corrected chi connectivity index (χ3v) is 9.24. The van der Waals surface area contributed by atoms with Crippen LogP contribution in [0, 0.1) is 11.3 Å². The number of nitrogens with one attached hydrogen (secondary N) is 1. The van der Waals surface area contributed by atoms with Crippen LogP contribution in [0.1, 0.15) is 65.7 Å². The number of piperidine rings is 1. The Bertz CT molecular complexity index is 1160. The highest BCUT2D eigenvalue weighted by Crippen LogP contribution is 2.41. The molecule has 1 aromatic carbocycles. The number of nitrogens with zero attached hydrogens (tertiary/aromatic N) is 4. The van der Waals surface area contributed by atoms with Crippen molar-refractivity contribution in [2.45, 2.75) is 77.8 Å². The maximum atomic E-state index is 6.51. The minimum atomic E-state index is 0.441. The van der Waals surface area contributed by atoms with Crippen molar-refractivity contribution in [3.63, 3.8) is 0 Å². The lowest BCUT2D eigenvalue weighted by Crippen LogP contribution is -2.46. The van der Waals surface area contributed by atoms with Crippen molar-refractivity contribution in [1.82, 2.24) is 19.5 Å². The molecule has 3 heterocycles. The van der Waals surface area contributed by atoms with E-state index in [4.69, 9.17) is 16.6 Å². The summed E-state index contributed by atoms with van der Waals surface area (Å²) in [4.78, 5) is 7.66. The second-order valence-corrected chi connectivity index (χ2v) is 11.8. The van der Waals surface area contributed by atoms with Gasteiger partial charge >= 0.3 is 0 Å². The Morgan fingerprint density at radius 3 is 2.49 bits per heavy atom. The van der Waals surface area contributed by atoms with Crippen LogP contribution in [0.4, 0.5) is 5.82 Å². The molecule has 0 bridgehead atoms. The number of halogens is 1. The molecule has 2 aliphatic rings. The standard InChI is InChI=1S/C28H39BClN5/c1-4-28(2,3)19-9-11-21(12-10-19)34-15-13-20(14-16-34)32-26-17-25(22-7-5-6-8-24(22)30)33-27-23(29)18-31-35(26)27/h5-8,17-21,32H,4,9-16,29H2,1-3H3. The lowest BCUT2D eigenvalue weighted by atomic mass is 9.68. The van der Waals surface area contributed by atoms with E-state index in [1.807, 2.05) is 35.0 Å². The zero-order chi connectivity index (χ0) is 24.6. The van der Waals surface area contributed by atoms with E-state index in [0.29, 0.717) is 11.5 Å². The van der Waals surface area contributed by atoms with Gasteiger partial charge in [-0.1, -0.05) is 57.0 Å². The molecule has 0 atom stereocenters. The van der Waals surface area contributed by atoms with Crippen LogP contribution in [0.2, 0.25) is 5.02 Å². The van der Waals surface area contributed by atoms with Crippen molar-refractivity contribution < 1.29 is 0 Å². The topological polar surface area (TPSA) is 45.5 Å². The number of rotatable bonds is 6. The number of likely N-dealkylation sites (tertiary alicyclic amines) is 1. The van der Waals surface area contributed by atoms with E-state index >= 15 is 0 Å². The predicted octanol–water partition coefficient (Wildman–Crippen LogP) is 5.18. The highest BCUT2D eigenvalue weighted by Gasteiger charge is 2.34. The Morgan fingerprint density at radius 2 is 1.80 bits per heavy atom. The Labute approximate surface area is 216 Å². The molecule has 5 rings (SSSR count). The molecule has 1 N–H and O–H groups in total. The van der Waals surface area contributed by atoms with E-state index in [1.165, 1.54) is 45.2 Å². The van der Waals surface area contributed by atoms with Crippen LogP contribution < -0.4 is 10.8 Å². The molecular formula is C28H39BClN5. The molecule has 0 spiro atoms. The van der Waals surface area contributed by atoms with Gasteiger partial charge in [0, 0.05) is 48.0 Å². The summed E-state index contributed by atoms with van der Waals surface area (Å²) in [7, 11) is 2.06. The summed E-state index contributed by atoms with van der Waals surface area (Å²) in [5.74, 6) is 1.89. The molecule has 7 heteroatoms. The second kappa shape index (κ2) is 10.1. The number of fused-ring (bicyclic) bond motifs is 1. The van der Waals surface area contributed by atoms with Gasteiger partial charge in [-0.15, -0.1) is 0 Å². The lowest BCUT2D eigenvalue weighted by molar-refractivity contribution is 0.0725. The SMILES string of the molecule is Bc1cnn2c(NC3CCN(C4CCC(C(C)(C)CC)CC4)CC3)cc(-c3ccccc3Cl)nc12. The first-order valence-corrected chi connectivity index (χ1v) is 13.8. The van der Waals surface area contributed by atoms with Crippen molar-refractivity contribution in [2.24, 2.45) is 11.3 Å². The molecule has 0 radical (unpaired) electrons. The van der Waals surface area contributed by atoms with Crippen molar-refractivity contribution in [3.8, 4) is 11.3 Å². The molecule has 1 aliphatic carbocycles. The van der Waals surface area contributed by atoms with Crippen molar-refractivity contribution in [1.29, 1.82) is 0 Å². The molecule has 1 aliphatic heterocycles. The minimum absolute atomic E-state index is 0.441. The highest BCUT2D eigenvalue weighted by molar-refractivity contribution is 6.36. The minimum Gasteiger partial charge on any atom is -0.367 e. The zero-order valence-corrected chi connectivity index (χ0v) is 22.5. The van der Waals surface area contributed by atoms with Crippen LogP contribution in [0.5, 0.6) is 0 Å². The van der Waals surface area contributed by atoms with Gasteiger partial charge in [-0.25, -0.2) is 4.98 Å². The first-order valence-electron chi connectivity index (χ1n) is 13.5. The van der Waals surface area contributed by atoms with E-state index in [0.717, 1.165) is 58.0 Å². The van der Waals surface area contributed by atoms with E-state index < -0.39 is 0 Å². The van der Waals surface area contributed by atoms with Crippen LogP contribution in [0.3, 0.4) is 0 Å². The van der Waals surface area contributed by atoms with Gasteiger partial charge in [-0.2, -0.15) is 9.61 Å². The third kappa shape index (κ3) is 5.10. The highest BCUT2D eigenvalue weighted by atomic mass is 35.5. The van der Waals surface area contributed by atoms with Crippen LogP contribution in [0.15, 0.2) is 36.5 Å². The normalized spacial score (nSPS) is 22.5. The van der Waals surface area contributed by atoms with Crippen molar-refractivity contribution >= 4 is 36.4 Å². The number of hydrogen-bond donors (Lipinski definition) is 1. The molecule has 1 saturated heterocycles. The monoisotopic (exact) mass is 491 g/mol. The Hall–Kier alpha value is -2.05. The Kier molecular flexibility index (Phi) is 7.14. The van der Waals surface area contributed by atoms with E-state index in [9.17, 15) is 0 Å². The number of anilines is 1. The average Bonchev–Trinajstić information content (AvgIpc) is 3.26. The Balaban J connectivity index is 1.25. The maximum absolute atomic E-state index is 6.51. The Morgan fingerprint density at radius 1 is 1.09 bits per heavy atom. The molecule has 186 valence electrons. The largest absolute Gasteiger partial charge is 0.367 e. The first-order chi connectivity index (χ1) is 16.9. The van der Waals surface area contributed by atoms with Gasteiger partial charge in [-0.05, 0) is 61.4 Å². The molecule has 3 aromatic rings. The predicted molar refractivity (Wildman–Crippen MR) is 150 cm³/mol. The number of aromatic nitrogens is 3. The molecule has 2 fully saturated rings. The first kappa shape index (κ1) is 24.6. The molecule has 5 nitrogen and oxygen atoms in total. The van der Waals surface area contributed by atoms with Gasteiger partial charge in [-0.3, -0.25) is 0 Å². The molecule has 1 saturated carbocycles. The van der Waals surface area contributed by atoms with Gasteiger partial charge in [0.2, 0.25) is 0 Å². The molecule has 2 aromatic heterocycles. The van der Waals surface area contributed by atoms with E-state index in [1.54, 1.807) is 0 Å². The quantitative estimate of drug-likeness (QED) is 0.483. The van der Waals surface area contributed by atoms with E-state index in [2.05, 4.69) is 50.0 Å². The lowest BCUT2D eigenvalue weighted by Gasteiger charge is -2.44. The van der Waals surface area contributed by atoms with Gasteiger partial charge in [0.05, 0.1) is 5.69 Å². The maximum Gasteiger partial charge on any atom is 0.151 e. The molecule has 0 unspecified atom stereocenters. The fraction of sp³-hybridized carbons (Fsp3) is 0.571. The summed E-state index contributed by atoms with van der Waals surface area (Å²) in [6.45, 7) is 9.62. The van der Waals surface area contributed by atoms with Gasteiger partial charge in [0.15, 0.2) is 5.65 Å². The van der Waals surface area contributed by atoms with E-state index in [-0.39, 0.29) is 0 Å². The number of hydrogen-bond acceptors (Lipinski definition) is 4. The number of benzene rings is 1. The fourth-order valence-corrected chi connectivity index (χ4v) is 6.34. The summed E-state index contributed by atoms with van der Waals surface area (Å²) >= 11 is 6.51. The fourth-order valence-electron chi connectivity index (χ4n) is 6.11. The second-order valence-electron chi connectivity index (χ2n) is 11.4. The van der Waals surface area contributed by atoms with Gasteiger partial charge in [0.1, 0.15) is 13.7 Å². The summed E-state index contributed by atoms with van der Waals surface area (Å²) in [5.41, 5.74) is 4.29. The van der Waals surface area contributed by atoms with Crippen LogP contribution in [-0.2, 0) is 0 Å². The van der Waals surface area contributed by atoms with Crippen molar-refractivity contribution in [3.05, 3.63) is 41.6 Å². The van der Waals surface area contributed by atoms with Crippen molar-refractivity contribution in [2.75, 3.05) is 18.4 Å². The summed E-state index contributed by atoms with van der Waals surface area (Å²) in [6.07, 6.45) is 11.0. The van der Waals surface area contributed by atoms with Gasteiger partial charge in [0.25, 0.3) is 0 Å². The van der Waals surface area contributed by atoms with Crippen LogP contribution >= 0.6 is 11.6 Å². The van der Waals surface area contributed by atoms with Crippen LogP contribution in [0.25, 0.3) is 16.9 Å². The van der Waals surface area contributed by atoms with Gasteiger partial charge < -0.3 is 10.2 Å². The summed E-state index contributed by atoms with van der Waals surface area (Å²) in [6, 6.07) is 11.2. The summed E-state index contributed by atoms with van der Waals surface area (Å²) in [5, 5.41) is 9.15. The average molecular weight is 492 g/mol. The summed E-state index contributed by atoms with van der Waals surface area (Å²) < 4.78 is 1.94. The molecule has 0 amide bonds. The smallest absolute Gasteiger partial charge is 0.151 e. The zero-order valence-electron chi connectivity index (χ0n) is 21.7.